The minimum absolute atomic E-state index is 0.0916. The predicted octanol–water partition coefficient (Wildman–Crippen LogP) is 3.74. The van der Waals surface area contributed by atoms with Crippen molar-refractivity contribution in [2.24, 2.45) is 0 Å². The number of cyclic esters (lactones) is 1. The van der Waals surface area contributed by atoms with Gasteiger partial charge in [0.1, 0.15) is 6.61 Å². The van der Waals surface area contributed by atoms with Crippen molar-refractivity contribution in [1.82, 2.24) is 9.55 Å². The van der Waals surface area contributed by atoms with Crippen LogP contribution in [0.2, 0.25) is 0 Å². The Balaban J connectivity index is 1.80. The Morgan fingerprint density at radius 2 is 2.00 bits per heavy atom. The molecule has 0 radical (unpaired) electrons. The first-order chi connectivity index (χ1) is 15.8. The first kappa shape index (κ1) is 21.2. The van der Waals surface area contributed by atoms with Crippen molar-refractivity contribution >= 4 is 23.0 Å². The molecule has 2 aliphatic heterocycles. The third-order valence-corrected chi connectivity index (χ3v) is 6.71. The van der Waals surface area contributed by atoms with Crippen molar-refractivity contribution in [1.29, 1.82) is 0 Å². The average molecular weight is 448 g/mol. The van der Waals surface area contributed by atoms with Crippen LogP contribution in [0.4, 0.5) is 4.79 Å². The maximum atomic E-state index is 13.6. The average Bonchev–Trinajstić information content (AvgIpc) is 3.18. The Morgan fingerprint density at radius 3 is 2.70 bits per heavy atom. The van der Waals surface area contributed by atoms with Crippen LogP contribution in [0.5, 0.6) is 0 Å². The van der Waals surface area contributed by atoms with Crippen LogP contribution >= 0.6 is 0 Å². The number of hydrogen-bond acceptors (Lipinski definition) is 7. The highest BCUT2D eigenvalue weighted by Crippen LogP contribution is 2.42. The van der Waals surface area contributed by atoms with Gasteiger partial charge < -0.3 is 18.8 Å². The summed E-state index contributed by atoms with van der Waals surface area (Å²) in [5.41, 5.74) is 4.07. The highest BCUT2D eigenvalue weighted by atomic mass is 16.7. The second-order valence-electron chi connectivity index (χ2n) is 8.42. The third kappa shape index (κ3) is 2.90. The fraction of sp³-hybridized carbons (Fsp3) is 0.360. The minimum atomic E-state index is -1.75. The zero-order valence-electron chi connectivity index (χ0n) is 19.0. The van der Waals surface area contributed by atoms with Gasteiger partial charge in [0.25, 0.3) is 5.56 Å². The first-order valence-corrected chi connectivity index (χ1v) is 11.0. The van der Waals surface area contributed by atoms with E-state index in [1.54, 1.807) is 17.6 Å². The minimum Gasteiger partial charge on any atom is -0.457 e. The van der Waals surface area contributed by atoms with E-state index in [1.807, 2.05) is 19.1 Å². The molecule has 1 atom stereocenters. The number of methoxy groups -OCH3 is 1. The Hall–Kier alpha value is -3.68. The molecule has 33 heavy (non-hydrogen) atoms. The summed E-state index contributed by atoms with van der Waals surface area (Å²) in [7, 11) is 1.16. The lowest BCUT2D eigenvalue weighted by Crippen LogP contribution is -2.47. The number of rotatable bonds is 3. The SMILES string of the molecule is CCc1c2c(nc3ccc(C)cc13)-c1cc3c(c(=O)n1C2)COC(=O)C3(CC)OC(=O)OC. The molecule has 0 spiro atoms. The van der Waals surface area contributed by atoms with Crippen molar-refractivity contribution in [2.45, 2.75) is 52.4 Å². The van der Waals surface area contributed by atoms with Crippen molar-refractivity contribution in [2.75, 3.05) is 7.11 Å². The van der Waals surface area contributed by atoms with Gasteiger partial charge in [-0.15, -0.1) is 0 Å². The molecule has 8 heteroatoms. The molecule has 4 heterocycles. The zero-order valence-corrected chi connectivity index (χ0v) is 19.0. The molecule has 0 bridgehead atoms. The molecule has 2 aromatic heterocycles. The molecule has 8 nitrogen and oxygen atoms in total. The number of pyridine rings is 2. The van der Waals surface area contributed by atoms with Gasteiger partial charge in [-0.3, -0.25) is 4.79 Å². The van der Waals surface area contributed by atoms with Crippen molar-refractivity contribution in [3.63, 3.8) is 0 Å². The van der Waals surface area contributed by atoms with E-state index < -0.39 is 17.7 Å². The van der Waals surface area contributed by atoms with Crippen LogP contribution in [0.15, 0.2) is 29.1 Å². The predicted molar refractivity (Wildman–Crippen MR) is 120 cm³/mol. The standard InChI is InChI=1S/C25H24N2O6/c1-5-14-15-9-13(3)7-8-19(15)26-21-16(14)11-27-20(21)10-18-17(22(27)28)12-32-23(29)25(18,6-2)33-24(30)31-4/h7-10H,5-6,11-12H2,1-4H3. The summed E-state index contributed by atoms with van der Waals surface area (Å²) in [6.07, 6.45) is -0.136. The molecule has 170 valence electrons. The van der Waals surface area contributed by atoms with Crippen LogP contribution in [0, 0.1) is 6.92 Å². The fourth-order valence-corrected chi connectivity index (χ4v) is 5.02. The van der Waals surface area contributed by atoms with E-state index in [1.165, 1.54) is 0 Å². The van der Waals surface area contributed by atoms with Crippen LogP contribution in [0.3, 0.4) is 0 Å². The maximum Gasteiger partial charge on any atom is 0.509 e. The fourth-order valence-electron chi connectivity index (χ4n) is 5.02. The third-order valence-electron chi connectivity index (χ3n) is 6.71. The van der Waals surface area contributed by atoms with E-state index in [9.17, 15) is 14.4 Å². The second kappa shape index (κ2) is 7.43. The lowest BCUT2D eigenvalue weighted by atomic mass is 9.85. The summed E-state index contributed by atoms with van der Waals surface area (Å²) in [5, 5.41) is 1.08. The molecule has 3 aromatic rings. The molecule has 5 rings (SSSR count). The Labute approximate surface area is 190 Å². The van der Waals surface area contributed by atoms with E-state index in [2.05, 4.69) is 17.7 Å². The topological polar surface area (TPSA) is 96.7 Å². The van der Waals surface area contributed by atoms with E-state index in [0.717, 1.165) is 41.1 Å². The van der Waals surface area contributed by atoms with Crippen molar-refractivity contribution in [3.05, 3.63) is 62.4 Å². The highest BCUT2D eigenvalue weighted by Gasteiger charge is 2.51. The lowest BCUT2D eigenvalue weighted by molar-refractivity contribution is -0.175. The van der Waals surface area contributed by atoms with Gasteiger partial charge in [-0.05, 0) is 43.5 Å². The van der Waals surface area contributed by atoms with Crippen LogP contribution in [-0.4, -0.2) is 28.8 Å². The van der Waals surface area contributed by atoms with Gasteiger partial charge in [0, 0.05) is 16.5 Å². The number of benzene rings is 1. The summed E-state index contributed by atoms with van der Waals surface area (Å²) in [4.78, 5) is 43.3. The molecule has 0 saturated heterocycles. The van der Waals surface area contributed by atoms with Crippen LogP contribution in [0.25, 0.3) is 22.3 Å². The molecule has 1 aromatic carbocycles. The molecule has 2 aliphatic rings. The summed E-state index contributed by atoms with van der Waals surface area (Å²) in [5.74, 6) is -0.721. The van der Waals surface area contributed by atoms with E-state index in [4.69, 9.17) is 14.5 Å². The summed E-state index contributed by atoms with van der Waals surface area (Å²) in [6, 6.07) is 7.87. The molecular formula is C25H24N2O6. The highest BCUT2D eigenvalue weighted by molar-refractivity contribution is 5.90. The largest absolute Gasteiger partial charge is 0.509 e. The number of esters is 1. The van der Waals surface area contributed by atoms with E-state index >= 15 is 0 Å². The van der Waals surface area contributed by atoms with Crippen LogP contribution in [-0.2, 0) is 44.2 Å². The first-order valence-electron chi connectivity index (χ1n) is 11.0. The van der Waals surface area contributed by atoms with Crippen molar-refractivity contribution in [3.8, 4) is 11.4 Å². The van der Waals surface area contributed by atoms with Crippen LogP contribution in [0.1, 0.15) is 48.1 Å². The molecule has 0 fully saturated rings. The Morgan fingerprint density at radius 1 is 1.21 bits per heavy atom. The van der Waals surface area contributed by atoms with Gasteiger partial charge in [0.05, 0.1) is 36.1 Å². The summed E-state index contributed by atoms with van der Waals surface area (Å²) >= 11 is 0. The monoisotopic (exact) mass is 448 g/mol. The number of hydrogen-bond donors (Lipinski definition) is 0. The Bertz CT molecular complexity index is 1410. The number of carbonyl (C=O) groups is 2. The lowest BCUT2D eigenvalue weighted by Gasteiger charge is -2.35. The molecule has 1 unspecified atom stereocenters. The number of fused-ring (bicyclic) bond motifs is 5. The molecule has 0 N–H and O–H groups in total. The van der Waals surface area contributed by atoms with Gasteiger partial charge in [-0.1, -0.05) is 25.5 Å². The Kier molecular flexibility index (Phi) is 4.77. The van der Waals surface area contributed by atoms with Gasteiger partial charge in [-0.2, -0.15) is 0 Å². The summed E-state index contributed by atoms with van der Waals surface area (Å²) < 4.78 is 17.0. The van der Waals surface area contributed by atoms with E-state index in [0.29, 0.717) is 29.1 Å². The molecule has 0 amide bonds. The van der Waals surface area contributed by atoms with Gasteiger partial charge >= 0.3 is 12.1 Å². The normalized spacial score (nSPS) is 18.4. The molecular weight excluding hydrogens is 424 g/mol. The van der Waals surface area contributed by atoms with Gasteiger partial charge in [-0.25, -0.2) is 14.6 Å². The van der Waals surface area contributed by atoms with Gasteiger partial charge in [0.2, 0.25) is 5.60 Å². The van der Waals surface area contributed by atoms with Gasteiger partial charge in [0.15, 0.2) is 0 Å². The quantitative estimate of drug-likeness (QED) is 0.441. The van der Waals surface area contributed by atoms with E-state index in [-0.39, 0.29) is 18.6 Å². The number of aryl methyl sites for hydroxylation is 2. The van der Waals surface area contributed by atoms with Crippen LogP contribution < -0.4 is 5.56 Å². The number of aromatic nitrogens is 2. The zero-order chi connectivity index (χ0) is 23.5. The second-order valence-corrected chi connectivity index (χ2v) is 8.42. The summed E-state index contributed by atoms with van der Waals surface area (Å²) in [6.45, 7) is 6.04. The smallest absolute Gasteiger partial charge is 0.457 e. The maximum absolute atomic E-state index is 13.6. The van der Waals surface area contributed by atoms with Crippen molar-refractivity contribution < 1.29 is 23.8 Å². The number of nitrogens with zero attached hydrogens (tertiary/aromatic N) is 2. The number of ether oxygens (including phenoxy) is 3. The molecule has 0 saturated carbocycles. The molecule has 0 aliphatic carbocycles. The number of carbonyl (C=O) groups excluding carboxylic acids is 2.